The smallest absolute Gasteiger partial charge is 0.0376 e. The average molecular weight is 202 g/mol. The van der Waals surface area contributed by atoms with Crippen LogP contribution in [0.5, 0.6) is 0 Å². The third-order valence-electron chi connectivity index (χ3n) is 3.11. The van der Waals surface area contributed by atoms with Crippen molar-refractivity contribution in [3.63, 3.8) is 0 Å². The van der Waals surface area contributed by atoms with Crippen LogP contribution in [-0.4, -0.2) is 12.6 Å². The fourth-order valence-corrected chi connectivity index (χ4v) is 2.08. The summed E-state index contributed by atoms with van der Waals surface area (Å²) in [4.78, 5) is 0. The third-order valence-corrected chi connectivity index (χ3v) is 3.11. The van der Waals surface area contributed by atoms with Crippen molar-refractivity contribution >= 4 is 5.69 Å². The van der Waals surface area contributed by atoms with Gasteiger partial charge in [-0.15, -0.1) is 0 Å². The van der Waals surface area contributed by atoms with Gasteiger partial charge in [-0.1, -0.05) is 30.4 Å². The minimum atomic E-state index is 0.114. The maximum Gasteiger partial charge on any atom is 0.0376 e. The van der Waals surface area contributed by atoms with Gasteiger partial charge in [-0.2, -0.15) is 0 Å². The summed E-state index contributed by atoms with van der Waals surface area (Å²) in [6.07, 6.45) is 0.985. The molecule has 1 aliphatic heterocycles. The van der Waals surface area contributed by atoms with Crippen molar-refractivity contribution < 1.29 is 0 Å². The highest BCUT2D eigenvalue weighted by molar-refractivity contribution is 5.57. The van der Waals surface area contributed by atoms with E-state index in [9.17, 15) is 0 Å². The van der Waals surface area contributed by atoms with Gasteiger partial charge in [0.25, 0.3) is 0 Å². The molecule has 0 saturated heterocycles. The quantitative estimate of drug-likeness (QED) is 0.739. The fraction of sp³-hybridized carbons (Fsp3) is 0.385. The number of nitrogens with two attached hydrogens (primary N) is 1. The molecule has 0 amide bonds. The van der Waals surface area contributed by atoms with Crippen molar-refractivity contribution in [3.8, 4) is 0 Å². The van der Waals surface area contributed by atoms with Gasteiger partial charge < -0.3 is 11.1 Å². The first-order valence-corrected chi connectivity index (χ1v) is 5.42. The summed E-state index contributed by atoms with van der Waals surface area (Å²) < 4.78 is 0. The summed E-state index contributed by atoms with van der Waals surface area (Å²) in [6.45, 7) is 6.91. The summed E-state index contributed by atoms with van der Waals surface area (Å²) in [5.41, 5.74) is 9.75. The van der Waals surface area contributed by atoms with Gasteiger partial charge in [-0.25, -0.2) is 0 Å². The second-order valence-corrected chi connectivity index (χ2v) is 4.35. The standard InChI is InChI=1S/C13H18N2/c1-9(2)12(14)7-10-8-15-13-6-4-3-5-11(10)13/h3-6,10,12,15H,1,7-8,14H2,2H3. The Morgan fingerprint density at radius 3 is 3.07 bits per heavy atom. The Morgan fingerprint density at radius 2 is 2.33 bits per heavy atom. The van der Waals surface area contributed by atoms with Crippen molar-refractivity contribution in [3.05, 3.63) is 42.0 Å². The maximum atomic E-state index is 6.03. The molecule has 1 aliphatic rings. The lowest BCUT2D eigenvalue weighted by Gasteiger charge is -2.16. The summed E-state index contributed by atoms with van der Waals surface area (Å²) >= 11 is 0. The van der Waals surface area contributed by atoms with Crippen LogP contribution in [0.2, 0.25) is 0 Å². The molecule has 0 aliphatic carbocycles. The number of fused-ring (bicyclic) bond motifs is 1. The van der Waals surface area contributed by atoms with Crippen LogP contribution in [0.25, 0.3) is 0 Å². The molecule has 0 spiro atoms. The van der Waals surface area contributed by atoms with Crippen molar-refractivity contribution in [2.75, 3.05) is 11.9 Å². The number of nitrogens with one attached hydrogen (secondary N) is 1. The number of anilines is 1. The molecule has 0 bridgehead atoms. The van der Waals surface area contributed by atoms with E-state index < -0.39 is 0 Å². The molecule has 2 heteroatoms. The molecule has 3 N–H and O–H groups in total. The van der Waals surface area contributed by atoms with Crippen LogP contribution in [0.4, 0.5) is 5.69 Å². The van der Waals surface area contributed by atoms with Gasteiger partial charge in [0, 0.05) is 24.2 Å². The Kier molecular flexibility index (Phi) is 2.78. The van der Waals surface area contributed by atoms with Gasteiger partial charge in [0.2, 0.25) is 0 Å². The molecule has 2 unspecified atom stereocenters. The molecule has 0 radical (unpaired) electrons. The second kappa shape index (κ2) is 4.07. The molecule has 1 aromatic rings. The van der Waals surface area contributed by atoms with Crippen LogP contribution in [0.1, 0.15) is 24.8 Å². The first-order valence-electron chi connectivity index (χ1n) is 5.42. The minimum Gasteiger partial charge on any atom is -0.384 e. The van der Waals surface area contributed by atoms with E-state index in [0.717, 1.165) is 18.5 Å². The lowest BCUT2D eigenvalue weighted by molar-refractivity contribution is 0.601. The van der Waals surface area contributed by atoms with Crippen molar-refractivity contribution in [1.82, 2.24) is 0 Å². The number of rotatable bonds is 3. The van der Waals surface area contributed by atoms with Crippen LogP contribution < -0.4 is 11.1 Å². The Labute approximate surface area is 91.2 Å². The van der Waals surface area contributed by atoms with Gasteiger partial charge in [0.15, 0.2) is 0 Å². The molecular formula is C13H18N2. The van der Waals surface area contributed by atoms with E-state index >= 15 is 0 Å². The maximum absolute atomic E-state index is 6.03. The van der Waals surface area contributed by atoms with Crippen LogP contribution >= 0.6 is 0 Å². The van der Waals surface area contributed by atoms with E-state index in [0.29, 0.717) is 5.92 Å². The van der Waals surface area contributed by atoms with Crippen molar-refractivity contribution in [2.45, 2.75) is 25.3 Å². The van der Waals surface area contributed by atoms with E-state index in [2.05, 4.69) is 36.2 Å². The van der Waals surface area contributed by atoms with E-state index in [1.54, 1.807) is 0 Å². The third kappa shape index (κ3) is 2.05. The predicted octanol–water partition coefficient (Wildman–Crippen LogP) is 2.49. The number of hydrogen-bond donors (Lipinski definition) is 2. The summed E-state index contributed by atoms with van der Waals surface area (Å²) in [7, 11) is 0. The first-order chi connectivity index (χ1) is 7.18. The molecule has 0 fully saturated rings. The molecule has 2 atom stereocenters. The first kappa shape index (κ1) is 10.2. The Hall–Kier alpha value is -1.28. The molecule has 2 rings (SSSR count). The summed E-state index contributed by atoms with van der Waals surface area (Å²) in [6, 6.07) is 8.58. The second-order valence-electron chi connectivity index (χ2n) is 4.35. The molecule has 80 valence electrons. The summed E-state index contributed by atoms with van der Waals surface area (Å²) in [5.74, 6) is 0.535. The largest absolute Gasteiger partial charge is 0.384 e. The summed E-state index contributed by atoms with van der Waals surface area (Å²) in [5, 5.41) is 3.41. The highest BCUT2D eigenvalue weighted by Crippen LogP contribution is 2.34. The van der Waals surface area contributed by atoms with Crippen LogP contribution in [0.15, 0.2) is 36.4 Å². The molecule has 1 heterocycles. The highest BCUT2D eigenvalue weighted by atomic mass is 14.9. The van der Waals surface area contributed by atoms with E-state index in [-0.39, 0.29) is 6.04 Å². The normalized spacial score (nSPS) is 20.5. The Bertz CT molecular complexity index is 371. The molecule has 1 aromatic carbocycles. The van der Waals surface area contributed by atoms with E-state index in [1.807, 2.05) is 6.92 Å². The number of benzene rings is 1. The fourth-order valence-electron chi connectivity index (χ4n) is 2.08. The van der Waals surface area contributed by atoms with Gasteiger partial charge in [0.1, 0.15) is 0 Å². The average Bonchev–Trinajstić information content (AvgIpc) is 2.62. The Balaban J connectivity index is 2.11. The molecule has 0 saturated carbocycles. The van der Waals surface area contributed by atoms with Gasteiger partial charge >= 0.3 is 0 Å². The van der Waals surface area contributed by atoms with Gasteiger partial charge in [-0.05, 0) is 25.0 Å². The number of hydrogen-bond acceptors (Lipinski definition) is 2. The number of para-hydroxylation sites is 1. The van der Waals surface area contributed by atoms with Crippen LogP contribution in [0, 0.1) is 0 Å². The van der Waals surface area contributed by atoms with Crippen LogP contribution in [0.3, 0.4) is 0 Å². The molecule has 15 heavy (non-hydrogen) atoms. The molecule has 0 aromatic heterocycles. The van der Waals surface area contributed by atoms with Gasteiger partial charge in [0.05, 0.1) is 0 Å². The van der Waals surface area contributed by atoms with Crippen LogP contribution in [-0.2, 0) is 0 Å². The molecular weight excluding hydrogens is 184 g/mol. The topological polar surface area (TPSA) is 38.0 Å². The monoisotopic (exact) mass is 202 g/mol. The lowest BCUT2D eigenvalue weighted by atomic mass is 9.92. The Morgan fingerprint density at radius 1 is 1.60 bits per heavy atom. The predicted molar refractivity (Wildman–Crippen MR) is 65.1 cm³/mol. The lowest BCUT2D eigenvalue weighted by Crippen LogP contribution is -2.24. The van der Waals surface area contributed by atoms with Crippen molar-refractivity contribution in [2.24, 2.45) is 5.73 Å². The minimum absolute atomic E-state index is 0.114. The zero-order valence-electron chi connectivity index (χ0n) is 9.16. The zero-order valence-corrected chi connectivity index (χ0v) is 9.16. The van der Waals surface area contributed by atoms with E-state index in [1.165, 1.54) is 11.3 Å². The molecule has 2 nitrogen and oxygen atoms in total. The van der Waals surface area contributed by atoms with Gasteiger partial charge in [-0.3, -0.25) is 0 Å². The van der Waals surface area contributed by atoms with Crippen molar-refractivity contribution in [1.29, 1.82) is 0 Å². The SMILES string of the molecule is C=C(C)C(N)CC1CNc2ccccc21. The van der Waals surface area contributed by atoms with E-state index in [4.69, 9.17) is 5.73 Å². The highest BCUT2D eigenvalue weighted by Gasteiger charge is 2.23. The zero-order chi connectivity index (χ0) is 10.8.